The second-order valence-corrected chi connectivity index (χ2v) is 5.92. The van der Waals surface area contributed by atoms with Gasteiger partial charge in [-0.1, -0.05) is 11.6 Å². The summed E-state index contributed by atoms with van der Waals surface area (Å²) in [6.07, 6.45) is 3.48. The fourth-order valence-corrected chi connectivity index (χ4v) is 3.23. The molecule has 0 spiro atoms. The third kappa shape index (κ3) is 3.30. The fourth-order valence-electron chi connectivity index (χ4n) is 2.99. The van der Waals surface area contributed by atoms with Crippen LogP contribution in [0.3, 0.4) is 0 Å². The number of hydrogen-bond acceptors (Lipinski definition) is 4. The Kier molecular flexibility index (Phi) is 4.60. The Morgan fingerprint density at radius 3 is 2.62 bits per heavy atom. The van der Waals surface area contributed by atoms with E-state index in [1.165, 1.54) is 0 Å². The van der Waals surface area contributed by atoms with Crippen LogP contribution < -0.4 is 4.90 Å². The highest BCUT2D eigenvalue weighted by Gasteiger charge is 2.30. The van der Waals surface area contributed by atoms with Crippen LogP contribution in [-0.2, 0) is 9.53 Å². The first-order valence-electron chi connectivity index (χ1n) is 7.47. The van der Waals surface area contributed by atoms with Crippen LogP contribution in [0.25, 0.3) is 0 Å². The summed E-state index contributed by atoms with van der Waals surface area (Å²) in [7, 11) is 0. The number of piperidine rings is 1. The number of ether oxygens (including phenoxy) is 1. The Bertz CT molecular complexity index is 497. The molecule has 0 unspecified atom stereocenters. The SMILES string of the molecule is O=C(C1CCN(c2ncccc2Cl)CC1)N1CCOCC1. The summed E-state index contributed by atoms with van der Waals surface area (Å²) < 4.78 is 5.30. The lowest BCUT2D eigenvalue weighted by Gasteiger charge is -2.36. The van der Waals surface area contributed by atoms with E-state index in [4.69, 9.17) is 16.3 Å². The molecule has 2 fully saturated rings. The van der Waals surface area contributed by atoms with E-state index in [2.05, 4.69) is 9.88 Å². The molecule has 21 heavy (non-hydrogen) atoms. The van der Waals surface area contributed by atoms with Crippen molar-refractivity contribution < 1.29 is 9.53 Å². The maximum absolute atomic E-state index is 12.5. The van der Waals surface area contributed by atoms with Gasteiger partial charge in [-0.3, -0.25) is 4.79 Å². The minimum Gasteiger partial charge on any atom is -0.378 e. The molecule has 1 amide bonds. The molecule has 5 nitrogen and oxygen atoms in total. The average molecular weight is 310 g/mol. The van der Waals surface area contributed by atoms with Crippen LogP contribution in [0, 0.1) is 5.92 Å². The maximum atomic E-state index is 12.5. The molecule has 0 saturated carbocycles. The second-order valence-electron chi connectivity index (χ2n) is 5.51. The number of carbonyl (C=O) groups excluding carboxylic acids is 1. The lowest BCUT2D eigenvalue weighted by atomic mass is 9.95. The van der Waals surface area contributed by atoms with Crippen molar-refractivity contribution in [2.45, 2.75) is 12.8 Å². The zero-order chi connectivity index (χ0) is 14.7. The Hall–Kier alpha value is -1.33. The Labute approximate surface area is 129 Å². The van der Waals surface area contributed by atoms with Gasteiger partial charge in [0.05, 0.1) is 18.2 Å². The zero-order valence-corrected chi connectivity index (χ0v) is 12.8. The lowest BCUT2D eigenvalue weighted by Crippen LogP contribution is -2.47. The van der Waals surface area contributed by atoms with Crippen molar-refractivity contribution in [3.63, 3.8) is 0 Å². The summed E-state index contributed by atoms with van der Waals surface area (Å²) >= 11 is 6.19. The molecule has 0 radical (unpaired) electrons. The predicted octanol–water partition coefficient (Wildman–Crippen LogP) is 1.81. The third-order valence-electron chi connectivity index (χ3n) is 4.21. The second kappa shape index (κ2) is 6.62. The predicted molar refractivity (Wildman–Crippen MR) is 81.6 cm³/mol. The average Bonchev–Trinajstić information content (AvgIpc) is 2.56. The van der Waals surface area contributed by atoms with Crippen LogP contribution in [0.2, 0.25) is 5.02 Å². The van der Waals surface area contributed by atoms with Gasteiger partial charge in [0, 0.05) is 38.3 Å². The fraction of sp³-hybridized carbons (Fsp3) is 0.600. The molecule has 114 valence electrons. The van der Waals surface area contributed by atoms with Gasteiger partial charge >= 0.3 is 0 Å². The van der Waals surface area contributed by atoms with E-state index in [-0.39, 0.29) is 11.8 Å². The number of hydrogen-bond donors (Lipinski definition) is 0. The largest absolute Gasteiger partial charge is 0.378 e. The molecule has 1 aromatic rings. The van der Waals surface area contributed by atoms with Gasteiger partial charge in [-0.25, -0.2) is 4.98 Å². The van der Waals surface area contributed by atoms with Crippen molar-refractivity contribution in [3.8, 4) is 0 Å². The van der Waals surface area contributed by atoms with E-state index in [0.29, 0.717) is 18.2 Å². The highest BCUT2D eigenvalue weighted by Crippen LogP contribution is 2.28. The van der Waals surface area contributed by atoms with E-state index in [0.717, 1.165) is 44.8 Å². The molecule has 0 aliphatic carbocycles. The Balaban J connectivity index is 1.57. The van der Waals surface area contributed by atoms with E-state index in [9.17, 15) is 4.79 Å². The van der Waals surface area contributed by atoms with Gasteiger partial charge in [0.15, 0.2) is 0 Å². The van der Waals surface area contributed by atoms with Crippen LogP contribution >= 0.6 is 11.6 Å². The quantitative estimate of drug-likeness (QED) is 0.836. The Morgan fingerprint density at radius 2 is 1.95 bits per heavy atom. The molecule has 3 rings (SSSR count). The smallest absolute Gasteiger partial charge is 0.225 e. The number of nitrogens with zero attached hydrogens (tertiary/aromatic N) is 3. The van der Waals surface area contributed by atoms with Crippen molar-refractivity contribution in [1.29, 1.82) is 0 Å². The molecule has 2 aliphatic heterocycles. The number of halogens is 1. The number of morpholine rings is 1. The van der Waals surface area contributed by atoms with Crippen molar-refractivity contribution >= 4 is 23.3 Å². The summed E-state index contributed by atoms with van der Waals surface area (Å²) in [5.41, 5.74) is 0. The van der Waals surface area contributed by atoms with Crippen molar-refractivity contribution in [2.75, 3.05) is 44.3 Å². The monoisotopic (exact) mass is 309 g/mol. The molecule has 0 bridgehead atoms. The van der Waals surface area contributed by atoms with Crippen molar-refractivity contribution in [3.05, 3.63) is 23.4 Å². The molecular weight excluding hydrogens is 290 g/mol. The first-order chi connectivity index (χ1) is 10.3. The maximum Gasteiger partial charge on any atom is 0.225 e. The van der Waals surface area contributed by atoms with E-state index in [1.54, 1.807) is 6.20 Å². The Morgan fingerprint density at radius 1 is 1.24 bits per heavy atom. The first kappa shape index (κ1) is 14.6. The summed E-state index contributed by atoms with van der Waals surface area (Å²) in [5.74, 6) is 1.24. The van der Waals surface area contributed by atoms with Gasteiger partial charge in [-0.05, 0) is 25.0 Å². The zero-order valence-electron chi connectivity index (χ0n) is 12.0. The first-order valence-corrected chi connectivity index (χ1v) is 7.85. The number of amides is 1. The van der Waals surface area contributed by atoms with Gasteiger partial charge in [-0.2, -0.15) is 0 Å². The van der Waals surface area contributed by atoms with Crippen LogP contribution in [0.15, 0.2) is 18.3 Å². The van der Waals surface area contributed by atoms with Crippen LogP contribution in [0.5, 0.6) is 0 Å². The van der Waals surface area contributed by atoms with Crippen LogP contribution in [0.1, 0.15) is 12.8 Å². The van der Waals surface area contributed by atoms with Gasteiger partial charge < -0.3 is 14.5 Å². The number of aromatic nitrogens is 1. The summed E-state index contributed by atoms with van der Waals surface area (Å²) in [6, 6.07) is 3.69. The molecule has 1 aromatic heterocycles. The van der Waals surface area contributed by atoms with Crippen LogP contribution in [0.4, 0.5) is 5.82 Å². The van der Waals surface area contributed by atoms with Crippen molar-refractivity contribution in [1.82, 2.24) is 9.88 Å². The molecule has 0 N–H and O–H groups in total. The standard InChI is InChI=1S/C15H20ClN3O2/c16-13-2-1-5-17-14(13)18-6-3-12(4-7-18)15(20)19-8-10-21-11-9-19/h1-2,5,12H,3-4,6-11H2. The van der Waals surface area contributed by atoms with E-state index < -0.39 is 0 Å². The van der Waals surface area contributed by atoms with Gasteiger partial charge in [0.25, 0.3) is 0 Å². The lowest BCUT2D eigenvalue weighted by molar-refractivity contribution is -0.140. The molecule has 2 saturated heterocycles. The number of carbonyl (C=O) groups is 1. The number of rotatable bonds is 2. The highest BCUT2D eigenvalue weighted by atomic mass is 35.5. The summed E-state index contributed by atoms with van der Waals surface area (Å²) in [5, 5.41) is 0.676. The number of anilines is 1. The summed E-state index contributed by atoms with van der Waals surface area (Å²) in [6.45, 7) is 4.44. The topological polar surface area (TPSA) is 45.7 Å². The molecule has 2 aliphatic rings. The normalized spacial score (nSPS) is 20.6. The van der Waals surface area contributed by atoms with Gasteiger partial charge in [0.1, 0.15) is 5.82 Å². The van der Waals surface area contributed by atoms with Gasteiger partial charge in [-0.15, -0.1) is 0 Å². The molecular formula is C15H20ClN3O2. The van der Waals surface area contributed by atoms with Crippen molar-refractivity contribution in [2.24, 2.45) is 5.92 Å². The third-order valence-corrected chi connectivity index (χ3v) is 4.50. The number of pyridine rings is 1. The highest BCUT2D eigenvalue weighted by molar-refractivity contribution is 6.32. The molecule has 3 heterocycles. The minimum absolute atomic E-state index is 0.127. The molecule has 6 heteroatoms. The molecule has 0 atom stereocenters. The summed E-state index contributed by atoms with van der Waals surface area (Å²) in [4.78, 5) is 20.9. The van der Waals surface area contributed by atoms with Gasteiger partial charge in [0.2, 0.25) is 5.91 Å². The van der Waals surface area contributed by atoms with Crippen LogP contribution in [-0.4, -0.2) is 55.2 Å². The molecule has 0 aromatic carbocycles. The minimum atomic E-state index is 0.127. The van der Waals surface area contributed by atoms with E-state index >= 15 is 0 Å². The van der Waals surface area contributed by atoms with E-state index in [1.807, 2.05) is 17.0 Å².